The lowest BCUT2D eigenvalue weighted by atomic mass is 10.1. The summed E-state index contributed by atoms with van der Waals surface area (Å²) in [5, 5.41) is 0.414. The van der Waals surface area contributed by atoms with Gasteiger partial charge in [0, 0.05) is 25.3 Å². The number of hydrogen-bond donors (Lipinski definition) is 1. The zero-order valence-corrected chi connectivity index (χ0v) is 19.6. The number of ether oxygens (including phenoxy) is 4. The molecule has 172 valence electrons. The molecule has 0 amide bonds. The van der Waals surface area contributed by atoms with Crippen LogP contribution in [0.25, 0.3) is 10.2 Å². The molecule has 1 aromatic carbocycles. The van der Waals surface area contributed by atoms with Crippen LogP contribution in [0.4, 0.5) is 0 Å². The van der Waals surface area contributed by atoms with Crippen molar-refractivity contribution in [2.45, 2.75) is 20.0 Å². The Bertz CT molecular complexity index is 1160. The predicted octanol–water partition coefficient (Wildman–Crippen LogP) is 2.75. The van der Waals surface area contributed by atoms with Crippen molar-refractivity contribution in [3.05, 3.63) is 50.4 Å². The van der Waals surface area contributed by atoms with E-state index in [1.165, 1.54) is 7.11 Å². The van der Waals surface area contributed by atoms with Crippen molar-refractivity contribution in [1.29, 1.82) is 0 Å². The fourth-order valence-corrected chi connectivity index (χ4v) is 4.42. The zero-order valence-electron chi connectivity index (χ0n) is 18.8. The van der Waals surface area contributed by atoms with Gasteiger partial charge in [-0.2, -0.15) is 0 Å². The van der Waals surface area contributed by atoms with Gasteiger partial charge in [-0.15, -0.1) is 11.3 Å². The predicted molar refractivity (Wildman–Crippen MR) is 122 cm³/mol. The lowest BCUT2D eigenvalue weighted by molar-refractivity contribution is 0.0393. The third-order valence-electron chi connectivity index (χ3n) is 4.91. The van der Waals surface area contributed by atoms with Crippen molar-refractivity contribution >= 4 is 27.5 Å². The van der Waals surface area contributed by atoms with Crippen LogP contribution in [0.15, 0.2) is 23.0 Å². The van der Waals surface area contributed by atoms with Crippen LogP contribution in [0.5, 0.6) is 11.5 Å². The number of carbonyl (C=O) groups excluding carboxylic acids is 1. The average Bonchev–Trinajstić information content (AvgIpc) is 3.10. The van der Waals surface area contributed by atoms with Crippen molar-refractivity contribution in [1.82, 2.24) is 14.9 Å². The molecule has 9 nitrogen and oxygen atoms in total. The standard InChI is InChI=1S/C22H27N3O6S/c1-13-18-20(26)23-17(24-21(18)32-19(13)22(27)31-9-8-28-3)12-25(2)11-14-6-7-15(29-4)10-16(14)30-5/h6-7,10H,8-9,11-12H2,1-5H3,(H,23,24,26). The van der Waals surface area contributed by atoms with Gasteiger partial charge in [0.1, 0.15) is 33.6 Å². The Labute approximate surface area is 189 Å². The molecule has 0 atom stereocenters. The van der Waals surface area contributed by atoms with Gasteiger partial charge in [0.15, 0.2) is 0 Å². The number of aromatic nitrogens is 2. The van der Waals surface area contributed by atoms with Crippen LogP contribution in [0.3, 0.4) is 0 Å². The number of benzene rings is 1. The Morgan fingerprint density at radius 2 is 1.94 bits per heavy atom. The van der Waals surface area contributed by atoms with E-state index in [2.05, 4.69) is 9.97 Å². The molecule has 0 aliphatic rings. The second-order valence-corrected chi connectivity index (χ2v) is 8.23. The average molecular weight is 462 g/mol. The van der Waals surface area contributed by atoms with Crippen molar-refractivity contribution in [3.63, 3.8) is 0 Å². The van der Waals surface area contributed by atoms with Gasteiger partial charge in [-0.05, 0) is 25.6 Å². The summed E-state index contributed by atoms with van der Waals surface area (Å²) in [5.74, 6) is 1.47. The molecule has 0 bridgehead atoms. The maximum atomic E-state index is 12.7. The summed E-state index contributed by atoms with van der Waals surface area (Å²) in [4.78, 5) is 35.4. The maximum absolute atomic E-state index is 12.7. The van der Waals surface area contributed by atoms with E-state index in [1.807, 2.05) is 30.1 Å². The lowest BCUT2D eigenvalue weighted by Gasteiger charge is -2.18. The van der Waals surface area contributed by atoms with Crippen LogP contribution < -0.4 is 15.0 Å². The van der Waals surface area contributed by atoms with E-state index in [1.54, 1.807) is 21.1 Å². The minimum Gasteiger partial charge on any atom is -0.497 e. The van der Waals surface area contributed by atoms with Crippen LogP contribution in [0.2, 0.25) is 0 Å². The van der Waals surface area contributed by atoms with Gasteiger partial charge in [-0.25, -0.2) is 9.78 Å². The molecule has 0 radical (unpaired) electrons. The first-order valence-electron chi connectivity index (χ1n) is 9.95. The molecule has 2 aromatic heterocycles. The van der Waals surface area contributed by atoms with E-state index in [0.29, 0.717) is 51.9 Å². The van der Waals surface area contributed by atoms with E-state index in [4.69, 9.17) is 18.9 Å². The van der Waals surface area contributed by atoms with Crippen molar-refractivity contribution in [2.75, 3.05) is 41.6 Å². The fraction of sp³-hybridized carbons (Fsp3) is 0.409. The first kappa shape index (κ1) is 23.7. The molecule has 0 aliphatic heterocycles. The van der Waals surface area contributed by atoms with E-state index in [9.17, 15) is 9.59 Å². The number of fused-ring (bicyclic) bond motifs is 1. The van der Waals surface area contributed by atoms with Gasteiger partial charge in [-0.3, -0.25) is 9.69 Å². The van der Waals surface area contributed by atoms with Crippen LogP contribution in [-0.2, 0) is 22.6 Å². The van der Waals surface area contributed by atoms with Crippen molar-refractivity contribution in [3.8, 4) is 11.5 Å². The fourth-order valence-electron chi connectivity index (χ4n) is 3.33. The summed E-state index contributed by atoms with van der Waals surface area (Å²) in [7, 11) is 6.68. The number of thiophene rings is 1. The highest BCUT2D eigenvalue weighted by Crippen LogP contribution is 2.28. The second-order valence-electron chi connectivity index (χ2n) is 7.23. The van der Waals surface area contributed by atoms with Gasteiger partial charge in [0.25, 0.3) is 5.56 Å². The number of rotatable bonds is 10. The monoisotopic (exact) mass is 461 g/mol. The Kier molecular flexibility index (Phi) is 7.84. The highest BCUT2D eigenvalue weighted by molar-refractivity contribution is 7.20. The normalized spacial score (nSPS) is 11.2. The van der Waals surface area contributed by atoms with Crippen molar-refractivity contribution in [2.24, 2.45) is 0 Å². The maximum Gasteiger partial charge on any atom is 0.348 e. The smallest absolute Gasteiger partial charge is 0.348 e. The number of methoxy groups -OCH3 is 3. The van der Waals surface area contributed by atoms with E-state index in [0.717, 1.165) is 22.6 Å². The molecular weight excluding hydrogens is 434 g/mol. The highest BCUT2D eigenvalue weighted by atomic mass is 32.1. The minimum absolute atomic E-state index is 0.150. The Morgan fingerprint density at radius 3 is 2.62 bits per heavy atom. The molecule has 32 heavy (non-hydrogen) atoms. The molecule has 0 saturated heterocycles. The Hall–Kier alpha value is -2.95. The number of aromatic amines is 1. The molecule has 3 rings (SSSR count). The number of carbonyl (C=O) groups is 1. The number of nitrogens with one attached hydrogen (secondary N) is 1. The summed E-state index contributed by atoms with van der Waals surface area (Å²) in [6, 6.07) is 5.65. The van der Waals surface area contributed by atoms with Gasteiger partial charge in [0.2, 0.25) is 0 Å². The summed E-state index contributed by atoms with van der Waals surface area (Å²) in [6.07, 6.45) is 0. The number of aryl methyl sites for hydroxylation is 1. The van der Waals surface area contributed by atoms with Crippen LogP contribution in [0, 0.1) is 6.92 Å². The van der Waals surface area contributed by atoms with Crippen molar-refractivity contribution < 1.29 is 23.7 Å². The summed E-state index contributed by atoms with van der Waals surface area (Å²) < 4.78 is 20.8. The largest absolute Gasteiger partial charge is 0.497 e. The number of nitrogens with zero attached hydrogens (tertiary/aromatic N) is 2. The molecule has 0 spiro atoms. The second kappa shape index (κ2) is 10.6. The van der Waals surface area contributed by atoms with Gasteiger partial charge < -0.3 is 23.9 Å². The number of hydrogen-bond acceptors (Lipinski definition) is 9. The summed E-state index contributed by atoms with van der Waals surface area (Å²) >= 11 is 1.16. The summed E-state index contributed by atoms with van der Waals surface area (Å²) in [5.41, 5.74) is 1.28. The molecule has 1 N–H and O–H groups in total. The molecule has 0 aliphatic carbocycles. The number of H-pyrrole nitrogens is 1. The first-order chi connectivity index (χ1) is 15.4. The molecule has 3 aromatic rings. The molecule has 0 fully saturated rings. The van der Waals surface area contributed by atoms with Gasteiger partial charge >= 0.3 is 5.97 Å². The van der Waals surface area contributed by atoms with E-state index >= 15 is 0 Å². The topological polar surface area (TPSA) is 103 Å². The molecule has 2 heterocycles. The van der Waals surface area contributed by atoms with E-state index < -0.39 is 5.97 Å². The SMILES string of the molecule is COCCOC(=O)c1sc2nc(CN(C)Cc3ccc(OC)cc3OC)[nH]c(=O)c2c1C. The van der Waals surface area contributed by atoms with Crippen LogP contribution >= 0.6 is 11.3 Å². The summed E-state index contributed by atoms with van der Waals surface area (Å²) in [6.45, 7) is 3.17. The third-order valence-corrected chi connectivity index (χ3v) is 6.08. The first-order valence-corrected chi connectivity index (χ1v) is 10.8. The quantitative estimate of drug-likeness (QED) is 0.363. The van der Waals surface area contributed by atoms with Gasteiger partial charge in [0.05, 0.1) is 32.8 Å². The molecule has 0 saturated carbocycles. The molecule has 0 unspecified atom stereocenters. The minimum atomic E-state index is -0.479. The lowest BCUT2D eigenvalue weighted by Crippen LogP contribution is -2.22. The van der Waals surface area contributed by atoms with Crippen LogP contribution in [-0.4, -0.2) is 62.4 Å². The third kappa shape index (κ3) is 5.26. The molecule has 10 heteroatoms. The molecular formula is C22H27N3O6S. The number of esters is 1. The zero-order chi connectivity index (χ0) is 23.3. The van der Waals surface area contributed by atoms with Crippen LogP contribution in [0.1, 0.15) is 26.6 Å². The highest BCUT2D eigenvalue weighted by Gasteiger charge is 2.21. The van der Waals surface area contributed by atoms with Gasteiger partial charge in [-0.1, -0.05) is 6.07 Å². The Morgan fingerprint density at radius 1 is 1.16 bits per heavy atom. The Balaban J connectivity index is 1.79. The van der Waals surface area contributed by atoms with E-state index in [-0.39, 0.29) is 12.2 Å².